The van der Waals surface area contributed by atoms with Crippen LogP contribution in [0, 0.1) is 13.8 Å². The molecule has 3 N–H and O–H groups in total. The number of nitrogens with zero attached hydrogens (tertiary/aromatic N) is 1. The van der Waals surface area contributed by atoms with Gasteiger partial charge < -0.3 is 10.5 Å². The number of ether oxygens (including phenoxy) is 1. The molecule has 1 aromatic heterocycles. The Labute approximate surface area is 136 Å². The molecule has 126 valence electrons. The van der Waals surface area contributed by atoms with Crippen LogP contribution >= 0.6 is 0 Å². The number of nitrogens with two attached hydrogens (primary N) is 1. The lowest BCUT2D eigenvalue weighted by atomic mass is 10.1. The second-order valence-electron chi connectivity index (χ2n) is 5.38. The topological polar surface area (TPSA) is 124 Å². The van der Waals surface area contributed by atoms with Crippen LogP contribution in [-0.2, 0) is 11.8 Å². The maximum Gasteiger partial charge on any atom is 0.338 e. The summed E-state index contributed by atoms with van der Waals surface area (Å²) >= 11 is 0. The number of aromatic amines is 1. The van der Waals surface area contributed by atoms with Crippen molar-refractivity contribution >= 4 is 17.6 Å². The van der Waals surface area contributed by atoms with Gasteiger partial charge in [-0.15, -0.1) is 0 Å². The summed E-state index contributed by atoms with van der Waals surface area (Å²) in [7, 11) is 1.31. The first-order chi connectivity index (χ1) is 11.2. The summed E-state index contributed by atoms with van der Waals surface area (Å²) in [6, 6.07) is 5.00. The highest BCUT2D eigenvalue weighted by atomic mass is 16.5. The van der Waals surface area contributed by atoms with Crippen LogP contribution in [0.15, 0.2) is 27.8 Å². The Kier molecular flexibility index (Phi) is 4.68. The molecule has 0 fully saturated rings. The molecular formula is C16H17N3O5. The maximum absolute atomic E-state index is 12.1. The van der Waals surface area contributed by atoms with E-state index in [-0.39, 0.29) is 5.82 Å². The number of hydrogen-bond acceptors (Lipinski definition) is 6. The zero-order valence-electron chi connectivity index (χ0n) is 13.5. The Hall–Kier alpha value is -3.16. The molecule has 0 spiro atoms. The first kappa shape index (κ1) is 17.2. The Bertz CT molecular complexity index is 940. The average molecular weight is 331 g/mol. The molecule has 0 saturated carbocycles. The number of esters is 1. The number of H-pyrrole nitrogens is 1. The van der Waals surface area contributed by atoms with E-state index in [0.717, 1.165) is 15.7 Å². The lowest BCUT2D eigenvalue weighted by Crippen LogP contribution is -2.35. The lowest BCUT2D eigenvalue weighted by molar-refractivity contribution is 0.0474. The van der Waals surface area contributed by atoms with Gasteiger partial charge in [-0.05, 0) is 37.1 Å². The summed E-state index contributed by atoms with van der Waals surface area (Å²) in [6.45, 7) is 3.10. The number of aryl methyl sites for hydroxylation is 2. The molecule has 0 unspecified atom stereocenters. The molecule has 8 nitrogen and oxygen atoms in total. The lowest BCUT2D eigenvalue weighted by Gasteiger charge is -2.09. The smallest absolute Gasteiger partial charge is 0.338 e. The molecule has 2 rings (SSSR count). The van der Waals surface area contributed by atoms with E-state index in [1.54, 1.807) is 18.2 Å². The van der Waals surface area contributed by atoms with Crippen LogP contribution in [0.2, 0.25) is 0 Å². The Morgan fingerprint density at radius 1 is 1.21 bits per heavy atom. The summed E-state index contributed by atoms with van der Waals surface area (Å²) in [5.41, 5.74) is 5.79. The molecule has 0 saturated heterocycles. The van der Waals surface area contributed by atoms with Gasteiger partial charge in [-0.25, -0.2) is 9.59 Å². The van der Waals surface area contributed by atoms with Crippen molar-refractivity contribution in [1.29, 1.82) is 0 Å². The van der Waals surface area contributed by atoms with Gasteiger partial charge in [0.05, 0.1) is 5.56 Å². The van der Waals surface area contributed by atoms with Crippen molar-refractivity contribution in [3.63, 3.8) is 0 Å². The van der Waals surface area contributed by atoms with E-state index in [1.807, 2.05) is 18.8 Å². The van der Waals surface area contributed by atoms with Crippen molar-refractivity contribution in [2.45, 2.75) is 13.8 Å². The number of rotatable bonds is 4. The highest BCUT2D eigenvalue weighted by Crippen LogP contribution is 2.11. The van der Waals surface area contributed by atoms with Crippen LogP contribution in [0.1, 0.15) is 31.8 Å². The van der Waals surface area contributed by atoms with Gasteiger partial charge in [0.15, 0.2) is 6.61 Å². The number of aromatic nitrogens is 2. The summed E-state index contributed by atoms with van der Waals surface area (Å²) < 4.78 is 5.87. The molecule has 0 aliphatic carbocycles. The summed E-state index contributed by atoms with van der Waals surface area (Å²) in [5, 5.41) is 0. The van der Waals surface area contributed by atoms with Gasteiger partial charge in [0.25, 0.3) is 5.56 Å². The standard InChI is InChI=1S/C16H17N3O5/c1-8-4-5-10(6-9(8)2)15(22)24-7-11(20)12-13(17)19(3)16(23)18-14(12)21/h4-6H,7,17H2,1-3H3,(H,18,21,23). The van der Waals surface area contributed by atoms with E-state index in [0.29, 0.717) is 5.56 Å². The summed E-state index contributed by atoms with van der Waals surface area (Å²) in [6.07, 6.45) is 0. The zero-order valence-corrected chi connectivity index (χ0v) is 13.5. The second kappa shape index (κ2) is 6.53. The molecule has 0 bridgehead atoms. The van der Waals surface area contributed by atoms with Crippen LogP contribution in [0.3, 0.4) is 0 Å². The van der Waals surface area contributed by atoms with Crippen molar-refractivity contribution < 1.29 is 14.3 Å². The molecule has 0 radical (unpaired) electrons. The second-order valence-corrected chi connectivity index (χ2v) is 5.38. The maximum atomic E-state index is 12.1. The van der Waals surface area contributed by atoms with Gasteiger partial charge in [0, 0.05) is 7.05 Å². The fraction of sp³-hybridized carbons (Fsp3) is 0.250. The van der Waals surface area contributed by atoms with Crippen molar-refractivity contribution in [2.24, 2.45) is 7.05 Å². The van der Waals surface area contributed by atoms with Crippen molar-refractivity contribution in [3.05, 3.63) is 61.3 Å². The number of Topliss-reactive ketones (excluding diaryl/α,β-unsaturated/α-hetero) is 1. The van der Waals surface area contributed by atoms with Crippen LogP contribution in [-0.4, -0.2) is 27.9 Å². The third-order valence-electron chi connectivity index (χ3n) is 3.73. The van der Waals surface area contributed by atoms with E-state index >= 15 is 0 Å². The minimum absolute atomic E-state index is 0.282. The van der Waals surface area contributed by atoms with Gasteiger partial charge in [0.2, 0.25) is 5.78 Å². The van der Waals surface area contributed by atoms with E-state index in [4.69, 9.17) is 10.5 Å². The van der Waals surface area contributed by atoms with Gasteiger partial charge in [0.1, 0.15) is 11.4 Å². The predicted octanol–water partition coefficient (Wildman–Crippen LogP) is 0.312. The fourth-order valence-electron chi connectivity index (χ4n) is 2.06. The molecule has 0 aliphatic heterocycles. The number of nitrogens with one attached hydrogen (secondary N) is 1. The fourth-order valence-corrected chi connectivity index (χ4v) is 2.06. The van der Waals surface area contributed by atoms with Crippen LogP contribution < -0.4 is 17.0 Å². The number of ketones is 1. The van der Waals surface area contributed by atoms with Crippen molar-refractivity contribution in [3.8, 4) is 0 Å². The molecule has 24 heavy (non-hydrogen) atoms. The first-order valence-corrected chi connectivity index (χ1v) is 7.08. The third kappa shape index (κ3) is 3.27. The minimum Gasteiger partial charge on any atom is -0.454 e. The Morgan fingerprint density at radius 2 is 1.88 bits per heavy atom. The molecule has 2 aromatic rings. The van der Waals surface area contributed by atoms with Crippen molar-refractivity contribution in [1.82, 2.24) is 9.55 Å². The minimum atomic E-state index is -0.914. The third-order valence-corrected chi connectivity index (χ3v) is 3.73. The summed E-state index contributed by atoms with van der Waals surface area (Å²) in [4.78, 5) is 49.2. The summed E-state index contributed by atoms with van der Waals surface area (Å²) in [5.74, 6) is -1.76. The Morgan fingerprint density at radius 3 is 2.50 bits per heavy atom. The number of benzene rings is 1. The number of carbonyl (C=O) groups is 2. The number of nitrogen functional groups attached to an aromatic ring is 1. The molecular weight excluding hydrogens is 314 g/mol. The highest BCUT2D eigenvalue weighted by Gasteiger charge is 2.20. The van der Waals surface area contributed by atoms with Gasteiger partial charge in [-0.3, -0.25) is 19.1 Å². The molecule has 8 heteroatoms. The molecule has 0 atom stereocenters. The van der Waals surface area contributed by atoms with Crippen molar-refractivity contribution in [2.75, 3.05) is 12.3 Å². The number of anilines is 1. The first-order valence-electron chi connectivity index (χ1n) is 7.08. The van der Waals surface area contributed by atoms with Gasteiger partial charge in [-0.1, -0.05) is 6.07 Å². The van der Waals surface area contributed by atoms with E-state index in [2.05, 4.69) is 0 Å². The molecule has 0 amide bonds. The number of hydrogen-bond donors (Lipinski definition) is 2. The SMILES string of the molecule is Cc1ccc(C(=O)OCC(=O)c2c(N)n(C)c(=O)[nH]c2=O)cc1C. The average Bonchev–Trinajstić information content (AvgIpc) is 2.53. The normalized spacial score (nSPS) is 10.5. The van der Waals surface area contributed by atoms with Gasteiger partial charge in [-0.2, -0.15) is 0 Å². The van der Waals surface area contributed by atoms with Crippen LogP contribution in [0.4, 0.5) is 5.82 Å². The van der Waals surface area contributed by atoms with Crippen LogP contribution in [0.5, 0.6) is 0 Å². The number of carbonyl (C=O) groups excluding carboxylic acids is 2. The molecule has 1 aromatic carbocycles. The predicted molar refractivity (Wildman–Crippen MR) is 87.2 cm³/mol. The molecule has 0 aliphatic rings. The van der Waals surface area contributed by atoms with E-state index in [1.165, 1.54) is 7.05 Å². The monoisotopic (exact) mass is 331 g/mol. The van der Waals surface area contributed by atoms with E-state index in [9.17, 15) is 19.2 Å². The van der Waals surface area contributed by atoms with E-state index < -0.39 is 35.2 Å². The zero-order chi connectivity index (χ0) is 18.0. The highest BCUT2D eigenvalue weighted by molar-refractivity contribution is 6.02. The quantitative estimate of drug-likeness (QED) is 0.614. The molecule has 1 heterocycles. The Balaban J connectivity index is 2.18. The van der Waals surface area contributed by atoms with Crippen LogP contribution in [0.25, 0.3) is 0 Å². The largest absolute Gasteiger partial charge is 0.454 e. The van der Waals surface area contributed by atoms with Gasteiger partial charge >= 0.3 is 11.7 Å².